The molecule has 5 rings (SSSR count). The molecule has 1 saturated carbocycles. The van der Waals surface area contributed by atoms with Gasteiger partial charge in [0.25, 0.3) is 0 Å². The smallest absolute Gasteiger partial charge is 0.351 e. The molecule has 0 unspecified atom stereocenters. The maximum atomic E-state index is 12.6. The van der Waals surface area contributed by atoms with E-state index < -0.39 is 0 Å². The van der Waals surface area contributed by atoms with E-state index in [-0.39, 0.29) is 11.8 Å². The molecule has 0 bridgehead atoms. The van der Waals surface area contributed by atoms with Crippen LogP contribution in [0.5, 0.6) is 5.88 Å². The number of benzene rings is 1. The number of hydrogen-bond acceptors (Lipinski definition) is 6. The lowest BCUT2D eigenvalue weighted by Crippen LogP contribution is -2.34. The highest BCUT2D eigenvalue weighted by atomic mass is 16.6. The Hall–Kier alpha value is -2.38. The van der Waals surface area contributed by atoms with Gasteiger partial charge in [-0.05, 0) is 37.0 Å². The van der Waals surface area contributed by atoms with Crippen molar-refractivity contribution in [2.45, 2.75) is 57.2 Å². The van der Waals surface area contributed by atoms with Crippen LogP contribution in [-0.4, -0.2) is 55.2 Å². The molecule has 1 atom stereocenters. The van der Waals surface area contributed by atoms with Crippen molar-refractivity contribution in [2.24, 2.45) is 0 Å². The van der Waals surface area contributed by atoms with Gasteiger partial charge in [0.2, 0.25) is 5.88 Å². The summed E-state index contributed by atoms with van der Waals surface area (Å²) in [6, 6.07) is 9.14. The highest BCUT2D eigenvalue weighted by Crippen LogP contribution is 2.34. The van der Waals surface area contributed by atoms with E-state index >= 15 is 0 Å². The fourth-order valence-corrected chi connectivity index (χ4v) is 4.98. The summed E-state index contributed by atoms with van der Waals surface area (Å²) < 4.78 is 18.6. The van der Waals surface area contributed by atoms with Crippen LogP contribution in [0.3, 0.4) is 0 Å². The van der Waals surface area contributed by atoms with Crippen molar-refractivity contribution >= 4 is 5.69 Å². The van der Waals surface area contributed by atoms with E-state index in [9.17, 15) is 4.79 Å². The van der Waals surface area contributed by atoms with Crippen LogP contribution in [0, 0.1) is 0 Å². The van der Waals surface area contributed by atoms with E-state index in [4.69, 9.17) is 14.2 Å². The Bertz CT molecular complexity index is 977. The fraction of sp³-hybridized carbons (Fsp3) is 0.583. The molecule has 2 aliphatic heterocycles. The van der Waals surface area contributed by atoms with Crippen LogP contribution in [0.2, 0.25) is 0 Å². The van der Waals surface area contributed by atoms with E-state index in [2.05, 4.69) is 35.1 Å². The van der Waals surface area contributed by atoms with E-state index in [0.29, 0.717) is 44.9 Å². The quantitative estimate of drug-likeness (QED) is 0.734. The van der Waals surface area contributed by atoms with Gasteiger partial charge in [0.05, 0.1) is 25.5 Å². The van der Waals surface area contributed by atoms with Crippen molar-refractivity contribution in [1.29, 1.82) is 0 Å². The van der Waals surface area contributed by atoms with Gasteiger partial charge in [-0.3, -0.25) is 4.57 Å². The monoisotopic (exact) mass is 425 g/mol. The van der Waals surface area contributed by atoms with Gasteiger partial charge >= 0.3 is 5.69 Å². The van der Waals surface area contributed by atoms with Crippen molar-refractivity contribution in [2.75, 3.05) is 38.4 Å². The molecular weight excluding hydrogens is 394 g/mol. The minimum atomic E-state index is -0.262. The molecule has 2 fully saturated rings. The van der Waals surface area contributed by atoms with Crippen LogP contribution in [0.25, 0.3) is 11.3 Å². The summed E-state index contributed by atoms with van der Waals surface area (Å²) in [6.07, 6.45) is 7.26. The predicted octanol–water partition coefficient (Wildman–Crippen LogP) is 3.03. The second-order valence-corrected chi connectivity index (χ2v) is 8.79. The van der Waals surface area contributed by atoms with Gasteiger partial charge in [-0.25, -0.2) is 4.79 Å². The van der Waals surface area contributed by atoms with Crippen molar-refractivity contribution in [3.63, 3.8) is 0 Å². The second kappa shape index (κ2) is 9.01. The molecular formula is C24H31N3O4. The average molecular weight is 426 g/mol. The molecule has 0 radical (unpaired) electrons. The molecule has 0 spiro atoms. The maximum absolute atomic E-state index is 12.6. The van der Waals surface area contributed by atoms with Crippen LogP contribution in [-0.2, 0) is 22.4 Å². The Kier molecular flexibility index (Phi) is 5.96. The molecule has 7 nitrogen and oxygen atoms in total. The summed E-state index contributed by atoms with van der Waals surface area (Å²) in [4.78, 5) is 19.2. The predicted molar refractivity (Wildman–Crippen MR) is 119 cm³/mol. The summed E-state index contributed by atoms with van der Waals surface area (Å²) in [5.74, 6) is 0.349. The number of nitrogens with zero attached hydrogens (tertiary/aromatic N) is 3. The minimum absolute atomic E-state index is 0.125. The highest BCUT2D eigenvalue weighted by molar-refractivity contribution is 5.70. The molecule has 1 aliphatic carbocycles. The third-order valence-corrected chi connectivity index (χ3v) is 6.79. The number of aryl methyl sites for hydroxylation is 1. The number of fused-ring (bicyclic) bond motifs is 3. The van der Waals surface area contributed by atoms with Gasteiger partial charge < -0.3 is 19.1 Å². The first-order valence-corrected chi connectivity index (χ1v) is 11.5. The number of anilines is 1. The molecule has 1 aromatic carbocycles. The summed E-state index contributed by atoms with van der Waals surface area (Å²) >= 11 is 0. The molecule has 3 aliphatic rings. The van der Waals surface area contributed by atoms with Crippen molar-refractivity contribution < 1.29 is 14.2 Å². The number of ether oxygens (including phenoxy) is 3. The molecule has 0 N–H and O–H groups in total. The summed E-state index contributed by atoms with van der Waals surface area (Å²) in [7, 11) is 2.21. The Morgan fingerprint density at radius 2 is 2.06 bits per heavy atom. The first-order chi connectivity index (χ1) is 15.2. The zero-order valence-electron chi connectivity index (χ0n) is 18.2. The first kappa shape index (κ1) is 20.5. The third kappa shape index (κ3) is 4.34. The maximum Gasteiger partial charge on any atom is 0.351 e. The Balaban J connectivity index is 1.38. The third-order valence-electron chi connectivity index (χ3n) is 6.79. The van der Waals surface area contributed by atoms with E-state index in [0.717, 1.165) is 17.7 Å². The molecule has 31 heavy (non-hydrogen) atoms. The lowest BCUT2D eigenvalue weighted by Gasteiger charge is -2.34. The summed E-state index contributed by atoms with van der Waals surface area (Å²) in [6.45, 7) is 2.66. The minimum Gasteiger partial charge on any atom is -0.475 e. The first-order valence-electron chi connectivity index (χ1n) is 11.5. The fourth-order valence-electron chi connectivity index (χ4n) is 4.98. The highest BCUT2D eigenvalue weighted by Gasteiger charge is 2.23. The van der Waals surface area contributed by atoms with Gasteiger partial charge in [0.15, 0.2) is 0 Å². The Morgan fingerprint density at radius 1 is 1.19 bits per heavy atom. The van der Waals surface area contributed by atoms with Crippen LogP contribution < -0.4 is 15.3 Å². The molecule has 1 aromatic heterocycles. The molecule has 2 aromatic rings. The van der Waals surface area contributed by atoms with Crippen LogP contribution >= 0.6 is 0 Å². The van der Waals surface area contributed by atoms with E-state index in [1.807, 2.05) is 6.07 Å². The molecule has 1 saturated heterocycles. The number of aromatic nitrogens is 2. The van der Waals surface area contributed by atoms with E-state index in [1.165, 1.54) is 43.4 Å². The Labute approximate surface area is 182 Å². The molecule has 0 amide bonds. The lowest BCUT2D eigenvalue weighted by atomic mass is 9.93. The van der Waals surface area contributed by atoms with Crippen molar-refractivity contribution in [3.05, 3.63) is 40.3 Å². The Morgan fingerprint density at radius 3 is 2.87 bits per heavy atom. The second-order valence-electron chi connectivity index (χ2n) is 8.79. The lowest BCUT2D eigenvalue weighted by molar-refractivity contribution is -0.102. The van der Waals surface area contributed by atoms with Crippen molar-refractivity contribution in [3.8, 4) is 17.1 Å². The van der Waals surface area contributed by atoms with Crippen LogP contribution in [0.15, 0.2) is 29.1 Å². The number of hydrogen-bond donors (Lipinski definition) is 0. The summed E-state index contributed by atoms with van der Waals surface area (Å²) in [5.41, 5.74) is 4.25. The standard InChI is InChI=1S/C24H31N3O4/c1-26(18-5-3-2-4-6-18)19-7-8-21-17(13-19)9-10-27-22(21)14-23(25-24(27)28)31-16-20-15-29-11-12-30-20/h7-8,13-14,18,20H,2-6,9-12,15-16H2,1H3/t20-/m0/s1. The van der Waals surface area contributed by atoms with Crippen LogP contribution in [0.4, 0.5) is 5.69 Å². The van der Waals surface area contributed by atoms with Gasteiger partial charge in [0, 0.05) is 37.0 Å². The largest absolute Gasteiger partial charge is 0.475 e. The van der Waals surface area contributed by atoms with Gasteiger partial charge in [-0.2, -0.15) is 4.98 Å². The number of rotatable bonds is 5. The molecule has 7 heteroatoms. The van der Waals surface area contributed by atoms with Gasteiger partial charge in [-0.15, -0.1) is 0 Å². The zero-order valence-corrected chi connectivity index (χ0v) is 18.2. The van der Waals surface area contributed by atoms with E-state index in [1.54, 1.807) is 4.57 Å². The zero-order chi connectivity index (χ0) is 21.2. The average Bonchev–Trinajstić information content (AvgIpc) is 2.83. The molecule has 3 heterocycles. The topological polar surface area (TPSA) is 65.8 Å². The van der Waals surface area contributed by atoms with Gasteiger partial charge in [0.1, 0.15) is 12.7 Å². The van der Waals surface area contributed by atoms with Gasteiger partial charge in [-0.1, -0.05) is 25.3 Å². The van der Waals surface area contributed by atoms with Crippen LogP contribution in [0.1, 0.15) is 37.7 Å². The normalized spacial score (nSPS) is 21.3. The van der Waals surface area contributed by atoms with Crippen molar-refractivity contribution in [1.82, 2.24) is 9.55 Å². The molecule has 166 valence electrons. The summed E-state index contributed by atoms with van der Waals surface area (Å²) in [5, 5.41) is 0. The SMILES string of the molecule is CN(c1ccc2c(c1)CCn1c-2cc(OC[C@@H]2COCCO2)nc1=O)C1CCCCC1.